The lowest BCUT2D eigenvalue weighted by atomic mass is 10.1. The molecule has 3 aliphatic rings. The van der Waals surface area contributed by atoms with Crippen molar-refractivity contribution in [2.45, 2.75) is 25.6 Å². The number of ketones is 1. The van der Waals surface area contributed by atoms with E-state index in [-0.39, 0.29) is 17.9 Å². The molecule has 0 spiro atoms. The summed E-state index contributed by atoms with van der Waals surface area (Å²) in [5, 5.41) is 3.01. The molecule has 1 amide bonds. The second-order valence-corrected chi connectivity index (χ2v) is 9.15. The van der Waals surface area contributed by atoms with Gasteiger partial charge in [0.15, 0.2) is 23.5 Å². The van der Waals surface area contributed by atoms with E-state index in [9.17, 15) is 9.59 Å². The predicted octanol–water partition coefficient (Wildman–Crippen LogP) is 1.37. The number of rotatable bonds is 10. The number of likely N-dealkylation sites (N-methyl/N-ethyl adjacent to an activating group) is 1. The van der Waals surface area contributed by atoms with Gasteiger partial charge in [-0.1, -0.05) is 6.07 Å². The van der Waals surface area contributed by atoms with Crippen LogP contribution in [0.1, 0.15) is 18.4 Å². The quantitative estimate of drug-likeness (QED) is 0.511. The van der Waals surface area contributed by atoms with E-state index in [1.165, 1.54) is 0 Å². The molecule has 1 saturated heterocycles. The first kappa shape index (κ1) is 25.8. The van der Waals surface area contributed by atoms with Crippen molar-refractivity contribution >= 4 is 11.7 Å². The average Bonchev–Trinajstić information content (AvgIpc) is 3.18. The summed E-state index contributed by atoms with van der Waals surface area (Å²) in [6.45, 7) is 4.97. The lowest BCUT2D eigenvalue weighted by Crippen LogP contribution is -2.49. The molecule has 0 radical (unpaired) electrons. The zero-order chi connectivity index (χ0) is 25.7. The van der Waals surface area contributed by atoms with Crippen LogP contribution < -0.4 is 19.5 Å². The number of nitrogens with one attached hydrogen (secondary N) is 1. The first-order valence-electron chi connectivity index (χ1n) is 12.3. The number of benzene rings is 1. The van der Waals surface area contributed by atoms with Gasteiger partial charge >= 0.3 is 0 Å². The molecule has 10 nitrogen and oxygen atoms in total. The third-order valence-corrected chi connectivity index (χ3v) is 6.86. The Bertz CT molecular complexity index is 1030. The van der Waals surface area contributed by atoms with Crippen molar-refractivity contribution in [2.75, 3.05) is 67.6 Å². The second-order valence-electron chi connectivity index (χ2n) is 9.15. The van der Waals surface area contributed by atoms with Gasteiger partial charge < -0.3 is 29.2 Å². The number of carbonyl (C=O) groups excluding carboxylic acids is 2. The zero-order valence-corrected chi connectivity index (χ0v) is 21.5. The maximum Gasteiger partial charge on any atom is 0.234 e. The highest BCUT2D eigenvalue weighted by Crippen LogP contribution is 2.40. The SMILES string of the molecule is COc1ccc(CN2CCN(CC(=O)NCCC3OC4=C(C=CC(=O)C4)N3C)CC2)c(OC)c1OC. The predicted molar refractivity (Wildman–Crippen MR) is 134 cm³/mol. The Kier molecular flexibility index (Phi) is 8.37. The van der Waals surface area contributed by atoms with Crippen molar-refractivity contribution in [1.82, 2.24) is 20.0 Å². The molecule has 1 N–H and O–H groups in total. The Morgan fingerprint density at radius 2 is 1.75 bits per heavy atom. The number of piperazine rings is 1. The van der Waals surface area contributed by atoms with Crippen molar-refractivity contribution in [2.24, 2.45) is 0 Å². The lowest BCUT2D eigenvalue weighted by Gasteiger charge is -2.34. The molecule has 0 bridgehead atoms. The highest BCUT2D eigenvalue weighted by Gasteiger charge is 2.32. The fourth-order valence-corrected chi connectivity index (χ4v) is 4.87. The summed E-state index contributed by atoms with van der Waals surface area (Å²) in [6, 6.07) is 3.90. The minimum atomic E-state index is -0.164. The molecule has 1 unspecified atom stereocenters. The molecule has 196 valence electrons. The van der Waals surface area contributed by atoms with E-state index in [1.807, 2.05) is 24.1 Å². The summed E-state index contributed by atoms with van der Waals surface area (Å²) >= 11 is 0. The van der Waals surface area contributed by atoms with Crippen LogP contribution in [0.5, 0.6) is 17.2 Å². The summed E-state index contributed by atoms with van der Waals surface area (Å²) < 4.78 is 22.4. The zero-order valence-electron chi connectivity index (χ0n) is 21.5. The summed E-state index contributed by atoms with van der Waals surface area (Å²) in [4.78, 5) is 30.7. The summed E-state index contributed by atoms with van der Waals surface area (Å²) in [6.07, 6.45) is 4.19. The van der Waals surface area contributed by atoms with Gasteiger partial charge in [-0.2, -0.15) is 0 Å². The average molecular weight is 501 g/mol. The Morgan fingerprint density at radius 1 is 1.03 bits per heavy atom. The van der Waals surface area contributed by atoms with Crippen molar-refractivity contribution in [3.05, 3.63) is 41.3 Å². The topological polar surface area (TPSA) is 92.8 Å². The van der Waals surface area contributed by atoms with Gasteiger partial charge in [0.05, 0.1) is 40.0 Å². The molecule has 4 rings (SSSR count). The normalized spacial score (nSPS) is 20.3. The van der Waals surface area contributed by atoms with Crippen LogP contribution in [0.15, 0.2) is 35.7 Å². The fraction of sp³-hybridized carbons (Fsp3) is 0.538. The molecule has 1 aliphatic carbocycles. The number of hydrogen-bond acceptors (Lipinski definition) is 9. The second kappa shape index (κ2) is 11.7. The van der Waals surface area contributed by atoms with Crippen molar-refractivity contribution in [1.29, 1.82) is 0 Å². The summed E-state index contributed by atoms with van der Waals surface area (Å²) in [7, 11) is 6.80. The van der Waals surface area contributed by atoms with Gasteiger partial charge in [0.2, 0.25) is 11.7 Å². The smallest absolute Gasteiger partial charge is 0.234 e. The van der Waals surface area contributed by atoms with Gasteiger partial charge in [0.1, 0.15) is 5.76 Å². The van der Waals surface area contributed by atoms with Crippen molar-refractivity contribution in [3.63, 3.8) is 0 Å². The standard InChI is InChI=1S/C26H36N4O6/c1-28-20-7-6-19(31)15-22(20)36-24(28)9-10-27-23(32)17-30-13-11-29(12-14-30)16-18-5-8-21(33-2)26(35-4)25(18)34-3/h5-8,24H,9-17H2,1-4H3,(H,27,32). The molecular weight excluding hydrogens is 464 g/mol. The van der Waals surface area contributed by atoms with E-state index < -0.39 is 0 Å². The van der Waals surface area contributed by atoms with Crippen molar-refractivity contribution < 1.29 is 28.5 Å². The maximum atomic E-state index is 12.5. The highest BCUT2D eigenvalue weighted by atomic mass is 16.5. The first-order valence-corrected chi connectivity index (χ1v) is 12.3. The molecule has 2 heterocycles. The van der Waals surface area contributed by atoms with Crippen LogP contribution in [0, 0.1) is 0 Å². The van der Waals surface area contributed by atoms with E-state index in [1.54, 1.807) is 33.5 Å². The highest BCUT2D eigenvalue weighted by molar-refractivity contribution is 5.93. The molecule has 1 aromatic rings. The summed E-state index contributed by atoms with van der Waals surface area (Å²) in [5.74, 6) is 2.72. The molecule has 10 heteroatoms. The minimum absolute atomic E-state index is 0.0125. The van der Waals surface area contributed by atoms with Crippen LogP contribution >= 0.6 is 0 Å². The Labute approximate surface area is 212 Å². The molecule has 2 aliphatic heterocycles. The van der Waals surface area contributed by atoms with Crippen molar-refractivity contribution in [3.8, 4) is 17.2 Å². The van der Waals surface area contributed by atoms with E-state index >= 15 is 0 Å². The largest absolute Gasteiger partial charge is 0.493 e. The van der Waals surface area contributed by atoms with E-state index in [4.69, 9.17) is 18.9 Å². The third-order valence-electron chi connectivity index (χ3n) is 6.86. The van der Waals surface area contributed by atoms with Crippen LogP contribution in [0.25, 0.3) is 0 Å². The monoisotopic (exact) mass is 500 g/mol. The number of allylic oxidation sites excluding steroid dienone is 3. The number of carbonyl (C=O) groups is 2. The van der Waals surface area contributed by atoms with Crippen LogP contribution in [0.2, 0.25) is 0 Å². The number of nitrogens with zero attached hydrogens (tertiary/aromatic N) is 3. The van der Waals surface area contributed by atoms with E-state index in [0.717, 1.165) is 49.7 Å². The minimum Gasteiger partial charge on any atom is -0.493 e. The number of ether oxygens (including phenoxy) is 4. The van der Waals surface area contributed by atoms with Crippen LogP contribution in [-0.2, 0) is 20.9 Å². The summed E-state index contributed by atoms with van der Waals surface area (Å²) in [5.41, 5.74) is 1.99. The van der Waals surface area contributed by atoms with Gasteiger partial charge in [-0.05, 0) is 18.2 Å². The molecule has 0 aromatic heterocycles. The lowest BCUT2D eigenvalue weighted by molar-refractivity contribution is -0.122. The van der Waals surface area contributed by atoms with Crippen LogP contribution in [-0.4, -0.2) is 100 Å². The number of amides is 1. The molecule has 0 saturated carbocycles. The van der Waals surface area contributed by atoms with E-state index in [2.05, 4.69) is 15.1 Å². The molecule has 1 atom stereocenters. The van der Waals surface area contributed by atoms with Crippen LogP contribution in [0.4, 0.5) is 0 Å². The Hall–Kier alpha value is -3.24. The Morgan fingerprint density at radius 3 is 2.44 bits per heavy atom. The molecule has 1 fully saturated rings. The van der Waals surface area contributed by atoms with Gasteiger partial charge in [0, 0.05) is 58.3 Å². The molecule has 1 aromatic carbocycles. The Balaban J connectivity index is 1.18. The molecular formula is C26H36N4O6. The van der Waals surface area contributed by atoms with Gasteiger partial charge in [-0.3, -0.25) is 19.4 Å². The molecule has 36 heavy (non-hydrogen) atoms. The number of hydrogen-bond donors (Lipinski definition) is 1. The van der Waals surface area contributed by atoms with Gasteiger partial charge in [0.25, 0.3) is 0 Å². The fourth-order valence-electron chi connectivity index (χ4n) is 4.87. The third kappa shape index (κ3) is 5.76. The van der Waals surface area contributed by atoms with Crippen LogP contribution in [0.3, 0.4) is 0 Å². The number of methoxy groups -OCH3 is 3. The van der Waals surface area contributed by atoms with E-state index in [0.29, 0.717) is 43.2 Å². The van der Waals surface area contributed by atoms with Gasteiger partial charge in [-0.25, -0.2) is 0 Å². The van der Waals surface area contributed by atoms with Gasteiger partial charge in [-0.15, -0.1) is 0 Å². The first-order chi connectivity index (χ1) is 17.4. The maximum absolute atomic E-state index is 12.5.